The number of benzene rings is 2. The third-order valence-corrected chi connectivity index (χ3v) is 3.54. The Labute approximate surface area is 121 Å². The highest BCUT2D eigenvalue weighted by Gasteiger charge is 2.06. The summed E-state index contributed by atoms with van der Waals surface area (Å²) in [5, 5.41) is 0. The highest BCUT2D eigenvalue weighted by Crippen LogP contribution is 2.22. The molecule has 0 aliphatic rings. The van der Waals surface area contributed by atoms with Crippen molar-refractivity contribution in [3.05, 3.63) is 59.2 Å². The summed E-state index contributed by atoms with van der Waals surface area (Å²) in [5.74, 6) is 0.879. The smallest absolute Gasteiger partial charge is 0.120 e. The number of rotatable bonds is 5. The summed E-state index contributed by atoms with van der Waals surface area (Å²) in [6.07, 6.45) is 0. The molecule has 0 radical (unpaired) electrons. The van der Waals surface area contributed by atoms with Crippen molar-refractivity contribution in [3.63, 3.8) is 0 Å². The summed E-state index contributed by atoms with van der Waals surface area (Å²) in [4.78, 5) is 2.22. The first-order valence-corrected chi connectivity index (χ1v) is 6.77. The van der Waals surface area contributed by atoms with Crippen LogP contribution < -0.4 is 15.4 Å². The molecule has 20 heavy (non-hydrogen) atoms. The van der Waals surface area contributed by atoms with Crippen LogP contribution in [0.3, 0.4) is 0 Å². The molecule has 0 bridgehead atoms. The van der Waals surface area contributed by atoms with Gasteiger partial charge in [-0.3, -0.25) is 0 Å². The van der Waals surface area contributed by atoms with Crippen molar-refractivity contribution in [3.8, 4) is 5.75 Å². The Morgan fingerprint density at radius 2 is 1.95 bits per heavy atom. The molecule has 2 aromatic rings. The van der Waals surface area contributed by atoms with Crippen LogP contribution in [0, 0.1) is 6.92 Å². The molecule has 3 heteroatoms. The maximum Gasteiger partial charge on any atom is 0.120 e. The fraction of sp³-hybridized carbons (Fsp3) is 0.294. The van der Waals surface area contributed by atoms with E-state index in [9.17, 15) is 0 Å². The Hall–Kier alpha value is -2.00. The van der Waals surface area contributed by atoms with Crippen LogP contribution in [0.25, 0.3) is 0 Å². The number of hydrogen-bond donors (Lipinski definition) is 1. The quantitative estimate of drug-likeness (QED) is 0.907. The average Bonchev–Trinajstić information content (AvgIpc) is 2.49. The number of anilines is 1. The van der Waals surface area contributed by atoms with Gasteiger partial charge in [-0.15, -0.1) is 0 Å². The highest BCUT2D eigenvalue weighted by atomic mass is 16.5. The number of hydrogen-bond acceptors (Lipinski definition) is 3. The fourth-order valence-electron chi connectivity index (χ4n) is 2.26. The van der Waals surface area contributed by atoms with E-state index in [2.05, 4.69) is 43.1 Å². The third kappa shape index (κ3) is 3.31. The second-order valence-corrected chi connectivity index (χ2v) is 5.02. The van der Waals surface area contributed by atoms with E-state index in [1.54, 1.807) is 7.11 Å². The van der Waals surface area contributed by atoms with Crippen molar-refractivity contribution in [1.29, 1.82) is 0 Å². The van der Waals surface area contributed by atoms with E-state index in [1.807, 2.05) is 18.2 Å². The summed E-state index contributed by atoms with van der Waals surface area (Å²) in [5.41, 5.74) is 10.6. The van der Waals surface area contributed by atoms with E-state index in [0.717, 1.165) is 18.0 Å². The largest absolute Gasteiger partial charge is 0.497 e. The van der Waals surface area contributed by atoms with Gasteiger partial charge in [0.15, 0.2) is 0 Å². The molecular weight excluding hydrogens is 248 g/mol. The molecule has 3 nitrogen and oxygen atoms in total. The van der Waals surface area contributed by atoms with E-state index in [4.69, 9.17) is 10.5 Å². The van der Waals surface area contributed by atoms with Crippen molar-refractivity contribution in [2.75, 3.05) is 19.1 Å². The van der Waals surface area contributed by atoms with Crippen LogP contribution in [0.1, 0.15) is 16.7 Å². The zero-order chi connectivity index (χ0) is 14.5. The van der Waals surface area contributed by atoms with Gasteiger partial charge in [0.2, 0.25) is 0 Å². The Bertz CT molecular complexity index is 581. The molecule has 2 rings (SSSR count). The average molecular weight is 270 g/mol. The molecule has 0 aliphatic carbocycles. The Kier molecular flexibility index (Phi) is 4.64. The third-order valence-electron chi connectivity index (χ3n) is 3.54. The van der Waals surface area contributed by atoms with Crippen molar-refractivity contribution in [2.45, 2.75) is 20.0 Å². The second-order valence-electron chi connectivity index (χ2n) is 5.02. The molecule has 0 aromatic heterocycles. The van der Waals surface area contributed by atoms with Gasteiger partial charge in [-0.05, 0) is 35.7 Å². The predicted molar refractivity (Wildman–Crippen MR) is 84.2 cm³/mol. The summed E-state index contributed by atoms with van der Waals surface area (Å²) in [6.45, 7) is 3.59. The minimum absolute atomic E-state index is 0.590. The van der Waals surface area contributed by atoms with Crippen molar-refractivity contribution in [2.24, 2.45) is 5.73 Å². The van der Waals surface area contributed by atoms with Crippen molar-refractivity contribution >= 4 is 5.69 Å². The standard InChI is InChI=1S/C17H22N2O/c1-13-9-14(11-18)7-8-15(13)12-19(2)16-5-4-6-17(10-16)20-3/h4-10H,11-12,18H2,1-3H3. The van der Waals surface area contributed by atoms with E-state index >= 15 is 0 Å². The molecule has 0 saturated heterocycles. The van der Waals surface area contributed by atoms with Gasteiger partial charge in [0.25, 0.3) is 0 Å². The van der Waals surface area contributed by atoms with Crippen molar-refractivity contribution < 1.29 is 4.74 Å². The Morgan fingerprint density at radius 1 is 1.15 bits per heavy atom. The van der Waals surface area contributed by atoms with Gasteiger partial charge in [0.05, 0.1) is 7.11 Å². The molecule has 2 aromatic carbocycles. The van der Waals surface area contributed by atoms with Crippen LogP contribution in [-0.2, 0) is 13.1 Å². The summed E-state index contributed by atoms with van der Waals surface area (Å²) < 4.78 is 5.27. The fourth-order valence-corrected chi connectivity index (χ4v) is 2.26. The van der Waals surface area contributed by atoms with Crippen LogP contribution >= 0.6 is 0 Å². The zero-order valence-corrected chi connectivity index (χ0v) is 12.4. The molecule has 0 saturated carbocycles. The van der Waals surface area contributed by atoms with E-state index in [1.165, 1.54) is 16.7 Å². The molecule has 0 aliphatic heterocycles. The number of methoxy groups -OCH3 is 1. The predicted octanol–water partition coefficient (Wildman–Crippen LogP) is 3.10. The van der Waals surface area contributed by atoms with E-state index < -0.39 is 0 Å². The molecule has 0 atom stereocenters. The van der Waals surface area contributed by atoms with Gasteiger partial charge in [-0.25, -0.2) is 0 Å². The molecule has 106 valence electrons. The monoisotopic (exact) mass is 270 g/mol. The Morgan fingerprint density at radius 3 is 2.60 bits per heavy atom. The van der Waals surface area contributed by atoms with Crippen LogP contribution in [0.5, 0.6) is 5.75 Å². The summed E-state index contributed by atoms with van der Waals surface area (Å²) >= 11 is 0. The molecule has 0 unspecified atom stereocenters. The second kappa shape index (κ2) is 6.44. The van der Waals surface area contributed by atoms with Gasteiger partial charge in [0, 0.05) is 31.9 Å². The van der Waals surface area contributed by atoms with Gasteiger partial charge in [-0.1, -0.05) is 24.3 Å². The van der Waals surface area contributed by atoms with Crippen LogP contribution in [0.2, 0.25) is 0 Å². The maximum absolute atomic E-state index is 5.67. The lowest BCUT2D eigenvalue weighted by atomic mass is 10.0. The van der Waals surface area contributed by atoms with Crippen LogP contribution in [0.15, 0.2) is 42.5 Å². The Balaban J connectivity index is 2.16. The van der Waals surface area contributed by atoms with Gasteiger partial charge in [-0.2, -0.15) is 0 Å². The molecule has 0 fully saturated rings. The first kappa shape index (κ1) is 14.4. The van der Waals surface area contributed by atoms with E-state index in [-0.39, 0.29) is 0 Å². The van der Waals surface area contributed by atoms with E-state index in [0.29, 0.717) is 6.54 Å². The first-order valence-electron chi connectivity index (χ1n) is 6.77. The lowest BCUT2D eigenvalue weighted by molar-refractivity contribution is 0.415. The van der Waals surface area contributed by atoms with Gasteiger partial charge < -0.3 is 15.4 Å². The van der Waals surface area contributed by atoms with Crippen LogP contribution in [-0.4, -0.2) is 14.2 Å². The lowest BCUT2D eigenvalue weighted by Gasteiger charge is -2.21. The normalized spacial score (nSPS) is 10.4. The summed E-state index contributed by atoms with van der Waals surface area (Å²) in [6, 6.07) is 14.5. The minimum Gasteiger partial charge on any atom is -0.497 e. The number of ether oxygens (including phenoxy) is 1. The van der Waals surface area contributed by atoms with Crippen molar-refractivity contribution in [1.82, 2.24) is 0 Å². The number of nitrogens with zero attached hydrogens (tertiary/aromatic N) is 1. The number of nitrogens with two attached hydrogens (primary N) is 1. The molecule has 0 amide bonds. The number of aryl methyl sites for hydroxylation is 1. The first-order chi connectivity index (χ1) is 9.63. The SMILES string of the molecule is COc1cccc(N(C)Cc2ccc(CN)cc2C)c1. The molecule has 0 spiro atoms. The van der Waals surface area contributed by atoms with Gasteiger partial charge in [0.1, 0.15) is 5.75 Å². The zero-order valence-electron chi connectivity index (χ0n) is 12.4. The topological polar surface area (TPSA) is 38.5 Å². The van der Waals surface area contributed by atoms with Gasteiger partial charge >= 0.3 is 0 Å². The van der Waals surface area contributed by atoms with Crippen LogP contribution in [0.4, 0.5) is 5.69 Å². The molecular formula is C17H22N2O. The summed E-state index contributed by atoms with van der Waals surface area (Å²) in [7, 11) is 3.78. The minimum atomic E-state index is 0.590. The molecule has 0 heterocycles. The molecule has 2 N–H and O–H groups in total. The maximum atomic E-state index is 5.67. The highest BCUT2D eigenvalue weighted by molar-refractivity contribution is 5.51. The lowest BCUT2D eigenvalue weighted by Crippen LogP contribution is -2.17.